The number of aliphatic carboxylic acids is 1. The Morgan fingerprint density at radius 2 is 1.93 bits per heavy atom. The van der Waals surface area contributed by atoms with Crippen LogP contribution in [0, 0.1) is 5.92 Å². The molecule has 1 aliphatic rings. The molecule has 1 saturated carbocycles. The molecule has 3 heteroatoms. The first-order chi connectivity index (χ1) is 6.90. The summed E-state index contributed by atoms with van der Waals surface area (Å²) in [5.41, 5.74) is 0.806. The first kappa shape index (κ1) is 16.1. The fraction of sp³-hybridized carbons (Fsp3) is 0.500. The maximum Gasteiger partial charge on any atom is 0.327 e. The lowest BCUT2D eigenvalue weighted by Crippen LogP contribution is -2.23. The molecule has 1 unspecified atom stereocenters. The Bertz CT molecular complexity index is 241. The third-order valence-electron chi connectivity index (χ3n) is 1.62. The van der Waals surface area contributed by atoms with Crippen molar-refractivity contribution >= 4 is 11.8 Å². The van der Waals surface area contributed by atoms with Crippen molar-refractivity contribution in [3.8, 4) is 0 Å². The Labute approximate surface area is 91.5 Å². The van der Waals surface area contributed by atoms with Crippen molar-refractivity contribution in [2.24, 2.45) is 5.92 Å². The molecule has 3 nitrogen and oxygen atoms in total. The van der Waals surface area contributed by atoms with Crippen LogP contribution in [0.3, 0.4) is 0 Å². The van der Waals surface area contributed by atoms with E-state index in [2.05, 4.69) is 27.0 Å². The molecule has 86 valence electrons. The largest absolute Gasteiger partial charge is 0.478 e. The molecule has 0 aromatic carbocycles. The van der Waals surface area contributed by atoms with Crippen molar-refractivity contribution < 1.29 is 14.7 Å². The van der Waals surface area contributed by atoms with E-state index in [-0.39, 0.29) is 5.78 Å². The van der Waals surface area contributed by atoms with Crippen LogP contribution in [-0.4, -0.2) is 16.9 Å². The number of allylic oxidation sites excluding steroid dienone is 1. The molecule has 1 rings (SSSR count). The zero-order chi connectivity index (χ0) is 12.4. The van der Waals surface area contributed by atoms with E-state index in [0.717, 1.165) is 18.1 Å². The summed E-state index contributed by atoms with van der Waals surface area (Å²) in [7, 11) is 0. The van der Waals surface area contributed by atoms with Crippen LogP contribution < -0.4 is 0 Å². The van der Waals surface area contributed by atoms with Gasteiger partial charge >= 0.3 is 5.97 Å². The summed E-state index contributed by atoms with van der Waals surface area (Å²) in [6.07, 6.45) is 2.80. The fourth-order valence-electron chi connectivity index (χ4n) is 0.676. The number of carboxylic acid groups (broad SMARTS) is 1. The topological polar surface area (TPSA) is 54.4 Å². The Kier molecular flexibility index (Phi) is 9.84. The van der Waals surface area contributed by atoms with Gasteiger partial charge in [-0.15, -0.1) is 0 Å². The second-order valence-corrected chi connectivity index (χ2v) is 3.30. The van der Waals surface area contributed by atoms with E-state index in [1.807, 2.05) is 6.92 Å². The number of carbonyl (C=O) groups is 2. The van der Waals surface area contributed by atoms with E-state index in [0.29, 0.717) is 5.92 Å². The summed E-state index contributed by atoms with van der Waals surface area (Å²) in [6, 6.07) is 0. The van der Waals surface area contributed by atoms with Gasteiger partial charge in [-0.3, -0.25) is 4.79 Å². The summed E-state index contributed by atoms with van der Waals surface area (Å²) in [4.78, 5) is 19.6. The van der Waals surface area contributed by atoms with Crippen LogP contribution in [-0.2, 0) is 9.59 Å². The minimum Gasteiger partial charge on any atom is -0.478 e. The van der Waals surface area contributed by atoms with Gasteiger partial charge in [0.15, 0.2) is 5.78 Å². The summed E-state index contributed by atoms with van der Waals surface area (Å²) >= 11 is 0. The summed E-state index contributed by atoms with van der Waals surface area (Å²) in [5.74, 6) is -0.273. The van der Waals surface area contributed by atoms with Gasteiger partial charge < -0.3 is 5.11 Å². The lowest BCUT2D eigenvalue weighted by Gasteiger charge is -2.21. The standard InChI is InChI=1S/C6H8O.C3H4O2.C3H8/c1-4-3-6(7)5(4)2;1-2-3(4)5;1-3-2/h4H,2-3H2,1H3;2H,1H2,(H,4,5);3H2,1-2H3. The summed E-state index contributed by atoms with van der Waals surface area (Å²) < 4.78 is 0. The molecule has 0 aromatic rings. The SMILES string of the molecule is C=C1C(=O)CC1C.C=CC(=O)O.CCC. The third kappa shape index (κ3) is 8.94. The van der Waals surface area contributed by atoms with Crippen LogP contribution in [0.1, 0.15) is 33.6 Å². The Morgan fingerprint density at radius 3 is 1.93 bits per heavy atom. The van der Waals surface area contributed by atoms with Gasteiger partial charge in [0.2, 0.25) is 0 Å². The van der Waals surface area contributed by atoms with Crippen molar-refractivity contribution in [3.05, 3.63) is 24.8 Å². The van der Waals surface area contributed by atoms with E-state index in [1.54, 1.807) is 0 Å². The van der Waals surface area contributed by atoms with E-state index in [1.165, 1.54) is 6.42 Å². The quantitative estimate of drug-likeness (QED) is 0.680. The first-order valence-corrected chi connectivity index (χ1v) is 4.97. The van der Waals surface area contributed by atoms with Crippen molar-refractivity contribution in [2.75, 3.05) is 0 Å². The Hall–Kier alpha value is -1.38. The number of carboxylic acids is 1. The zero-order valence-corrected chi connectivity index (χ0v) is 9.75. The Morgan fingerprint density at radius 1 is 1.60 bits per heavy atom. The van der Waals surface area contributed by atoms with Crippen LogP contribution in [0.15, 0.2) is 24.8 Å². The van der Waals surface area contributed by atoms with Gasteiger partial charge in [0.05, 0.1) is 0 Å². The van der Waals surface area contributed by atoms with Gasteiger partial charge in [0.1, 0.15) is 0 Å². The van der Waals surface area contributed by atoms with Crippen LogP contribution in [0.25, 0.3) is 0 Å². The second kappa shape index (κ2) is 9.19. The van der Waals surface area contributed by atoms with Gasteiger partial charge in [-0.1, -0.05) is 40.3 Å². The lowest BCUT2D eigenvalue weighted by atomic mass is 9.81. The highest BCUT2D eigenvalue weighted by Crippen LogP contribution is 2.26. The number of hydrogen-bond donors (Lipinski definition) is 1. The van der Waals surface area contributed by atoms with Crippen LogP contribution in [0.5, 0.6) is 0 Å². The van der Waals surface area contributed by atoms with Gasteiger partial charge in [0, 0.05) is 12.5 Å². The number of Topliss-reactive ketones (excluding diaryl/α,β-unsaturated/α-hetero) is 1. The molecule has 0 spiro atoms. The predicted octanol–water partition coefficient (Wildman–Crippen LogP) is 2.82. The summed E-state index contributed by atoms with van der Waals surface area (Å²) in [6.45, 7) is 12.8. The van der Waals surface area contributed by atoms with Crippen LogP contribution in [0.4, 0.5) is 0 Å². The van der Waals surface area contributed by atoms with Crippen molar-refractivity contribution in [1.29, 1.82) is 0 Å². The fourth-order valence-corrected chi connectivity index (χ4v) is 0.676. The number of carbonyl (C=O) groups excluding carboxylic acids is 1. The molecule has 0 bridgehead atoms. The molecule has 0 aliphatic heterocycles. The average Bonchev–Trinajstić information content (AvgIpc) is 2.20. The van der Waals surface area contributed by atoms with Gasteiger partial charge in [-0.05, 0) is 11.5 Å². The molecule has 0 aromatic heterocycles. The van der Waals surface area contributed by atoms with E-state index in [9.17, 15) is 9.59 Å². The molecule has 0 radical (unpaired) electrons. The lowest BCUT2D eigenvalue weighted by molar-refractivity contribution is -0.131. The smallest absolute Gasteiger partial charge is 0.327 e. The van der Waals surface area contributed by atoms with Crippen LogP contribution in [0.2, 0.25) is 0 Å². The second-order valence-electron chi connectivity index (χ2n) is 3.30. The van der Waals surface area contributed by atoms with E-state index < -0.39 is 5.97 Å². The highest BCUT2D eigenvalue weighted by Gasteiger charge is 2.26. The number of hydrogen-bond acceptors (Lipinski definition) is 2. The van der Waals surface area contributed by atoms with Crippen LogP contribution >= 0.6 is 0 Å². The molecule has 1 fully saturated rings. The molecular formula is C12H20O3. The molecule has 1 atom stereocenters. The molecule has 0 amide bonds. The molecule has 0 saturated heterocycles. The van der Waals surface area contributed by atoms with Crippen molar-refractivity contribution in [3.63, 3.8) is 0 Å². The van der Waals surface area contributed by atoms with E-state index in [4.69, 9.17) is 5.11 Å². The number of rotatable bonds is 1. The molecule has 15 heavy (non-hydrogen) atoms. The monoisotopic (exact) mass is 212 g/mol. The molecule has 1 aliphatic carbocycles. The predicted molar refractivity (Wildman–Crippen MR) is 61.7 cm³/mol. The zero-order valence-electron chi connectivity index (χ0n) is 9.75. The molecule has 1 N–H and O–H groups in total. The Balaban J connectivity index is 0. The average molecular weight is 212 g/mol. The highest BCUT2D eigenvalue weighted by molar-refractivity contribution is 6.01. The highest BCUT2D eigenvalue weighted by atomic mass is 16.4. The molecular weight excluding hydrogens is 192 g/mol. The van der Waals surface area contributed by atoms with Gasteiger partial charge in [-0.2, -0.15) is 0 Å². The third-order valence-corrected chi connectivity index (χ3v) is 1.62. The normalized spacial score (nSPS) is 17.4. The number of ketones is 1. The van der Waals surface area contributed by atoms with Crippen molar-refractivity contribution in [2.45, 2.75) is 33.6 Å². The minimum absolute atomic E-state index is 0.243. The van der Waals surface area contributed by atoms with Gasteiger partial charge in [-0.25, -0.2) is 4.79 Å². The van der Waals surface area contributed by atoms with Crippen molar-refractivity contribution in [1.82, 2.24) is 0 Å². The first-order valence-electron chi connectivity index (χ1n) is 4.97. The summed E-state index contributed by atoms with van der Waals surface area (Å²) in [5, 5.41) is 7.60. The maximum atomic E-state index is 10.3. The van der Waals surface area contributed by atoms with E-state index >= 15 is 0 Å². The van der Waals surface area contributed by atoms with Gasteiger partial charge in [0.25, 0.3) is 0 Å². The maximum absolute atomic E-state index is 10.3. The molecule has 0 heterocycles. The minimum atomic E-state index is -0.981.